The third kappa shape index (κ3) is 7.53. The fraction of sp³-hybridized carbons (Fsp3) is 0.200. The summed E-state index contributed by atoms with van der Waals surface area (Å²) in [6.45, 7) is 7.02. The third-order valence-corrected chi connectivity index (χ3v) is 3.68. The largest absolute Gasteiger partial charge is 0.437 e. The molecule has 2 rings (SSSR count). The number of carbonyl (C=O) groups excluding carboxylic acids is 1. The second kappa shape index (κ2) is 10.4. The Kier molecular flexibility index (Phi) is 7.90. The van der Waals surface area contributed by atoms with E-state index >= 15 is 0 Å². The summed E-state index contributed by atoms with van der Waals surface area (Å²) < 4.78 is 5.72. The van der Waals surface area contributed by atoms with Crippen LogP contribution in [0.5, 0.6) is 11.6 Å². The molecule has 0 aliphatic heterocycles. The molecule has 9 nitrogen and oxygen atoms in total. The maximum Gasteiger partial charge on any atom is 0.247 e. The highest BCUT2D eigenvalue weighted by molar-refractivity contribution is 6.31. The van der Waals surface area contributed by atoms with Crippen molar-refractivity contribution in [3.05, 3.63) is 60.0 Å². The second-order valence-corrected chi connectivity index (χ2v) is 7.14. The van der Waals surface area contributed by atoms with Crippen LogP contribution in [0.2, 0.25) is 5.02 Å². The molecular weight excluding hydrogens is 408 g/mol. The summed E-state index contributed by atoms with van der Waals surface area (Å²) in [7, 11) is 0. The van der Waals surface area contributed by atoms with Gasteiger partial charge in [0.05, 0.1) is 17.5 Å². The van der Waals surface area contributed by atoms with Gasteiger partial charge in [-0.15, -0.1) is 0 Å². The van der Waals surface area contributed by atoms with Gasteiger partial charge in [-0.2, -0.15) is 4.98 Å². The average Bonchev–Trinajstić information content (AvgIpc) is 2.69. The van der Waals surface area contributed by atoms with E-state index < -0.39 is 5.60 Å². The van der Waals surface area contributed by atoms with E-state index in [0.717, 1.165) is 12.3 Å². The molecule has 1 aromatic carbocycles. The van der Waals surface area contributed by atoms with Crippen molar-refractivity contribution >= 4 is 35.4 Å². The molecule has 0 unspecified atom stereocenters. The predicted octanol–water partition coefficient (Wildman–Crippen LogP) is 3.31. The lowest BCUT2D eigenvalue weighted by Crippen LogP contribution is -2.32. The molecule has 10 heteroatoms. The van der Waals surface area contributed by atoms with Crippen LogP contribution in [0.25, 0.3) is 0 Å². The highest BCUT2D eigenvalue weighted by atomic mass is 35.5. The zero-order chi connectivity index (χ0) is 22.1. The molecule has 2 aromatic rings. The first-order chi connectivity index (χ1) is 14.2. The number of aliphatic hydroxyl groups is 1. The third-order valence-electron chi connectivity index (χ3n) is 3.42. The summed E-state index contributed by atoms with van der Waals surface area (Å²) in [4.78, 5) is 19.7. The summed E-state index contributed by atoms with van der Waals surface area (Å²) in [5.41, 5.74) is -0.0179. The highest BCUT2D eigenvalue weighted by Gasteiger charge is 2.12. The number of carbonyl (C=O) groups is 1. The molecule has 30 heavy (non-hydrogen) atoms. The lowest BCUT2D eigenvalue weighted by atomic mass is 10.1. The number of anilines is 2. The number of benzene rings is 1. The van der Waals surface area contributed by atoms with Crippen molar-refractivity contribution in [3.8, 4) is 11.6 Å². The fourth-order valence-corrected chi connectivity index (χ4v) is 2.21. The summed E-state index contributed by atoms with van der Waals surface area (Å²) in [6, 6.07) is 6.69. The zero-order valence-electron chi connectivity index (χ0n) is 16.6. The number of hydrogen-bond acceptors (Lipinski definition) is 8. The average molecular weight is 431 g/mol. The number of nitrogens with zero attached hydrogens (tertiary/aromatic N) is 2. The van der Waals surface area contributed by atoms with Gasteiger partial charge in [0, 0.05) is 30.7 Å². The van der Waals surface area contributed by atoms with Gasteiger partial charge < -0.3 is 31.2 Å². The maximum atomic E-state index is 11.4. The van der Waals surface area contributed by atoms with E-state index in [2.05, 4.69) is 32.5 Å². The minimum atomic E-state index is -0.902. The minimum absolute atomic E-state index is 0.0927. The van der Waals surface area contributed by atoms with E-state index in [9.17, 15) is 9.90 Å². The molecule has 0 fully saturated rings. The number of nitrogens with one attached hydrogen (secondary N) is 4. The fourth-order valence-electron chi connectivity index (χ4n) is 2.08. The highest BCUT2D eigenvalue weighted by Crippen LogP contribution is 2.29. The van der Waals surface area contributed by atoms with Gasteiger partial charge in [-0.25, -0.2) is 4.98 Å². The van der Waals surface area contributed by atoms with Crippen molar-refractivity contribution in [3.63, 3.8) is 0 Å². The van der Waals surface area contributed by atoms with Crippen LogP contribution in [0.4, 0.5) is 11.6 Å². The lowest BCUT2D eigenvalue weighted by molar-refractivity contribution is -0.111. The monoisotopic (exact) mass is 430 g/mol. The Hall–Kier alpha value is -3.43. The smallest absolute Gasteiger partial charge is 0.247 e. The summed E-state index contributed by atoms with van der Waals surface area (Å²) in [5.74, 6) is 0.307. The Morgan fingerprint density at radius 3 is 2.83 bits per heavy atom. The molecule has 0 atom stereocenters. The van der Waals surface area contributed by atoms with Crippen molar-refractivity contribution < 1.29 is 14.6 Å². The van der Waals surface area contributed by atoms with Gasteiger partial charge in [0.15, 0.2) is 0 Å². The van der Waals surface area contributed by atoms with Gasteiger partial charge in [0.1, 0.15) is 10.8 Å². The molecule has 0 saturated heterocycles. The van der Waals surface area contributed by atoms with E-state index in [-0.39, 0.29) is 22.8 Å². The lowest BCUT2D eigenvalue weighted by Gasteiger charge is -2.17. The normalized spacial score (nSPS) is 11.4. The molecule has 0 saturated carbocycles. The summed E-state index contributed by atoms with van der Waals surface area (Å²) >= 11 is 6.14. The number of halogens is 1. The number of aromatic nitrogens is 2. The Bertz CT molecular complexity index is 956. The molecule has 0 spiro atoms. The van der Waals surface area contributed by atoms with E-state index in [0.29, 0.717) is 23.7 Å². The van der Waals surface area contributed by atoms with Crippen LogP contribution in [0.1, 0.15) is 13.8 Å². The second-order valence-electron chi connectivity index (χ2n) is 6.73. The van der Waals surface area contributed by atoms with Crippen LogP contribution in [0.3, 0.4) is 0 Å². The number of ether oxygens (including phenoxy) is 1. The molecule has 0 bridgehead atoms. The van der Waals surface area contributed by atoms with E-state index in [1.54, 1.807) is 38.1 Å². The van der Waals surface area contributed by atoms with Crippen LogP contribution >= 0.6 is 11.6 Å². The first kappa shape index (κ1) is 22.9. The molecule has 0 aliphatic rings. The quantitative estimate of drug-likeness (QED) is 0.288. The van der Waals surface area contributed by atoms with Gasteiger partial charge >= 0.3 is 0 Å². The van der Waals surface area contributed by atoms with E-state index in [1.807, 2.05) is 0 Å². The molecule has 0 aliphatic carbocycles. The van der Waals surface area contributed by atoms with Crippen LogP contribution in [0.15, 0.2) is 55.0 Å². The molecule has 1 aromatic heterocycles. The van der Waals surface area contributed by atoms with Gasteiger partial charge in [0.25, 0.3) is 0 Å². The number of allylic oxidation sites excluding steroid dienone is 1. The van der Waals surface area contributed by atoms with E-state index in [4.69, 9.17) is 21.7 Å². The van der Waals surface area contributed by atoms with Gasteiger partial charge in [0.2, 0.25) is 17.7 Å². The van der Waals surface area contributed by atoms with Crippen molar-refractivity contribution in [1.82, 2.24) is 15.3 Å². The topological polar surface area (TPSA) is 132 Å². The molecule has 1 amide bonds. The first-order valence-electron chi connectivity index (χ1n) is 8.87. The molecule has 5 N–H and O–H groups in total. The van der Waals surface area contributed by atoms with Crippen LogP contribution in [-0.4, -0.2) is 39.3 Å². The molecule has 0 radical (unpaired) electrons. The van der Waals surface area contributed by atoms with Gasteiger partial charge in [-0.3, -0.25) is 4.79 Å². The minimum Gasteiger partial charge on any atom is -0.437 e. The van der Waals surface area contributed by atoms with Crippen molar-refractivity contribution in [2.75, 3.05) is 17.2 Å². The number of amides is 1. The van der Waals surface area contributed by atoms with Gasteiger partial charge in [-0.05, 0) is 32.1 Å². The Labute approximate surface area is 179 Å². The maximum absolute atomic E-state index is 11.4. The first-order valence-corrected chi connectivity index (χ1v) is 9.25. The Morgan fingerprint density at radius 2 is 2.17 bits per heavy atom. The number of rotatable bonds is 10. The Balaban J connectivity index is 2.14. The SMILES string of the molecule is C=CC(=O)Nc1cccc(Oc2nc(N/C(C=N)=C/NCC(C)(C)O)ncc2Cl)c1. The van der Waals surface area contributed by atoms with Crippen LogP contribution in [0, 0.1) is 5.41 Å². The van der Waals surface area contributed by atoms with E-state index in [1.165, 1.54) is 12.4 Å². The number of hydrogen-bond donors (Lipinski definition) is 5. The van der Waals surface area contributed by atoms with Gasteiger partial charge in [-0.1, -0.05) is 24.2 Å². The molecule has 1 heterocycles. The molecular formula is C20H23ClN6O3. The summed E-state index contributed by atoms with van der Waals surface area (Å²) in [5, 5.41) is 25.8. The zero-order valence-corrected chi connectivity index (χ0v) is 17.3. The summed E-state index contributed by atoms with van der Waals surface area (Å²) in [6.07, 6.45) is 5.12. The Morgan fingerprint density at radius 1 is 1.40 bits per heavy atom. The van der Waals surface area contributed by atoms with Crippen molar-refractivity contribution in [2.45, 2.75) is 19.4 Å². The van der Waals surface area contributed by atoms with Crippen LogP contribution in [-0.2, 0) is 4.79 Å². The standard InChI is InChI=1S/C20H23ClN6O3/c1-4-17(28)25-13-6-5-7-15(8-13)30-18-16(21)11-24-19(27-18)26-14(9-22)10-23-12-20(2,3)29/h4-11,22-23,29H,1,12H2,2-3H3,(H,25,28)(H,24,26,27)/b14-10+,22-9?. The van der Waals surface area contributed by atoms with Crippen LogP contribution < -0.4 is 20.7 Å². The molecule has 158 valence electrons. The predicted molar refractivity (Wildman–Crippen MR) is 117 cm³/mol. The van der Waals surface area contributed by atoms with Crippen molar-refractivity contribution in [1.29, 1.82) is 5.41 Å². The van der Waals surface area contributed by atoms with Crippen molar-refractivity contribution in [2.24, 2.45) is 0 Å².